The van der Waals surface area contributed by atoms with Crippen LogP contribution < -0.4 is 5.32 Å². The van der Waals surface area contributed by atoms with Gasteiger partial charge < -0.3 is 0 Å². The average Bonchev–Trinajstić information content (AvgIpc) is 3.15. The Hall–Kier alpha value is -3.49. The normalized spacial score (nSPS) is 10.4. The maximum atomic E-state index is 12.4. The second kappa shape index (κ2) is 6.79. The van der Waals surface area contributed by atoms with Crippen molar-refractivity contribution >= 4 is 33.1 Å². The van der Waals surface area contributed by atoms with E-state index in [1.807, 2.05) is 35.7 Å². The summed E-state index contributed by atoms with van der Waals surface area (Å²) in [6.45, 7) is 0. The number of hydrogen-bond donors (Lipinski definition) is 1. The molecule has 0 atom stereocenters. The predicted molar refractivity (Wildman–Crippen MR) is 104 cm³/mol. The van der Waals surface area contributed by atoms with E-state index in [0.717, 1.165) is 22.0 Å². The SMILES string of the molecule is N#Cc1cccc(C(=O)Nc2nc(-c3cccc4ccccc34)cs2)c1. The summed E-state index contributed by atoms with van der Waals surface area (Å²) in [4.78, 5) is 16.9. The Morgan fingerprint density at radius 1 is 1.04 bits per heavy atom. The number of carbonyl (C=O) groups is 1. The van der Waals surface area contributed by atoms with Crippen molar-refractivity contribution in [1.29, 1.82) is 5.26 Å². The van der Waals surface area contributed by atoms with Gasteiger partial charge in [-0.3, -0.25) is 10.1 Å². The van der Waals surface area contributed by atoms with Gasteiger partial charge in [0.05, 0.1) is 17.3 Å². The average molecular weight is 355 g/mol. The zero-order chi connectivity index (χ0) is 17.9. The second-order valence-electron chi connectivity index (χ2n) is 5.71. The molecule has 1 aromatic heterocycles. The number of rotatable bonds is 3. The highest BCUT2D eigenvalue weighted by molar-refractivity contribution is 7.14. The molecule has 0 fully saturated rings. The molecule has 1 amide bonds. The summed E-state index contributed by atoms with van der Waals surface area (Å²) in [6.07, 6.45) is 0. The summed E-state index contributed by atoms with van der Waals surface area (Å²) in [6, 6.07) is 22.9. The van der Waals surface area contributed by atoms with Gasteiger partial charge in [0.25, 0.3) is 5.91 Å². The Kier molecular flexibility index (Phi) is 4.18. The smallest absolute Gasteiger partial charge is 0.257 e. The van der Waals surface area contributed by atoms with Gasteiger partial charge in [0.2, 0.25) is 0 Å². The van der Waals surface area contributed by atoms with Gasteiger partial charge in [0, 0.05) is 16.5 Å². The van der Waals surface area contributed by atoms with E-state index in [9.17, 15) is 4.79 Å². The van der Waals surface area contributed by atoms with E-state index in [2.05, 4.69) is 28.5 Å². The van der Waals surface area contributed by atoms with E-state index in [-0.39, 0.29) is 5.91 Å². The van der Waals surface area contributed by atoms with Crippen molar-refractivity contribution in [3.05, 3.63) is 83.2 Å². The molecule has 4 nitrogen and oxygen atoms in total. The minimum absolute atomic E-state index is 0.277. The molecule has 0 aliphatic heterocycles. The molecule has 4 aromatic rings. The number of nitriles is 1. The fourth-order valence-electron chi connectivity index (χ4n) is 2.80. The summed E-state index contributed by atoms with van der Waals surface area (Å²) < 4.78 is 0. The second-order valence-corrected chi connectivity index (χ2v) is 6.57. The molecule has 0 radical (unpaired) electrons. The molecule has 0 unspecified atom stereocenters. The molecule has 4 rings (SSSR count). The monoisotopic (exact) mass is 355 g/mol. The zero-order valence-corrected chi connectivity index (χ0v) is 14.5. The first kappa shape index (κ1) is 16.0. The number of nitrogens with zero attached hydrogens (tertiary/aromatic N) is 2. The summed E-state index contributed by atoms with van der Waals surface area (Å²) in [5, 5.41) is 16.5. The first-order valence-corrected chi connectivity index (χ1v) is 8.88. The van der Waals surface area contributed by atoms with Crippen LogP contribution in [0.25, 0.3) is 22.0 Å². The van der Waals surface area contributed by atoms with Gasteiger partial charge in [0.15, 0.2) is 5.13 Å². The molecular formula is C21H13N3OS. The van der Waals surface area contributed by atoms with Crippen LogP contribution in [-0.4, -0.2) is 10.9 Å². The van der Waals surface area contributed by atoms with Crippen LogP contribution in [0, 0.1) is 11.3 Å². The lowest BCUT2D eigenvalue weighted by atomic mass is 10.0. The predicted octanol–water partition coefficient (Wildman–Crippen LogP) is 5.09. The third-order valence-corrected chi connectivity index (χ3v) is 4.80. The molecule has 26 heavy (non-hydrogen) atoms. The molecule has 5 heteroatoms. The van der Waals surface area contributed by atoms with E-state index in [4.69, 9.17) is 5.26 Å². The molecule has 1 N–H and O–H groups in total. The van der Waals surface area contributed by atoms with Crippen molar-refractivity contribution in [2.75, 3.05) is 5.32 Å². The van der Waals surface area contributed by atoms with Crippen LogP contribution in [0.3, 0.4) is 0 Å². The van der Waals surface area contributed by atoms with Crippen molar-refractivity contribution in [3.63, 3.8) is 0 Å². The molecule has 1 heterocycles. The number of nitrogens with one attached hydrogen (secondary N) is 1. The highest BCUT2D eigenvalue weighted by Crippen LogP contribution is 2.31. The first-order valence-electron chi connectivity index (χ1n) is 8.00. The van der Waals surface area contributed by atoms with Crippen molar-refractivity contribution < 1.29 is 4.79 Å². The van der Waals surface area contributed by atoms with Gasteiger partial charge in [-0.1, -0.05) is 48.5 Å². The Bertz CT molecular complexity index is 1150. The lowest BCUT2D eigenvalue weighted by Gasteiger charge is -2.04. The number of hydrogen-bond acceptors (Lipinski definition) is 4. The number of amides is 1. The zero-order valence-electron chi connectivity index (χ0n) is 13.6. The summed E-state index contributed by atoms with van der Waals surface area (Å²) in [5.74, 6) is -0.277. The number of benzene rings is 3. The van der Waals surface area contributed by atoms with Gasteiger partial charge in [0.1, 0.15) is 0 Å². The number of thiazole rings is 1. The van der Waals surface area contributed by atoms with Crippen molar-refractivity contribution in [2.45, 2.75) is 0 Å². The molecule has 3 aromatic carbocycles. The first-order chi connectivity index (χ1) is 12.7. The molecule has 0 aliphatic carbocycles. The molecule has 0 bridgehead atoms. The largest absolute Gasteiger partial charge is 0.298 e. The standard InChI is InChI=1S/C21H13N3OS/c22-12-14-5-3-8-16(11-14)20(25)24-21-23-19(13-26-21)18-10-4-7-15-6-1-2-9-17(15)18/h1-11,13H,(H,23,24,25). The fourth-order valence-corrected chi connectivity index (χ4v) is 3.51. The minimum Gasteiger partial charge on any atom is -0.298 e. The quantitative estimate of drug-likeness (QED) is 0.557. The lowest BCUT2D eigenvalue weighted by molar-refractivity contribution is 0.102. The highest BCUT2D eigenvalue weighted by Gasteiger charge is 2.12. The van der Waals surface area contributed by atoms with Crippen molar-refractivity contribution in [2.24, 2.45) is 0 Å². The number of aromatic nitrogens is 1. The third-order valence-electron chi connectivity index (χ3n) is 4.04. The summed E-state index contributed by atoms with van der Waals surface area (Å²) >= 11 is 1.38. The van der Waals surface area contributed by atoms with Crippen molar-refractivity contribution in [1.82, 2.24) is 4.98 Å². The van der Waals surface area contributed by atoms with Crippen LogP contribution in [0.5, 0.6) is 0 Å². The van der Waals surface area contributed by atoms with Crippen LogP contribution in [0.1, 0.15) is 15.9 Å². The Morgan fingerprint density at radius 2 is 1.85 bits per heavy atom. The van der Waals surface area contributed by atoms with Gasteiger partial charge in [-0.05, 0) is 29.0 Å². The van der Waals surface area contributed by atoms with Gasteiger partial charge in [-0.25, -0.2) is 4.98 Å². The van der Waals surface area contributed by atoms with Gasteiger partial charge in [-0.2, -0.15) is 5.26 Å². The summed E-state index contributed by atoms with van der Waals surface area (Å²) in [7, 11) is 0. The fraction of sp³-hybridized carbons (Fsp3) is 0. The van der Waals surface area contributed by atoms with Crippen molar-refractivity contribution in [3.8, 4) is 17.3 Å². The topological polar surface area (TPSA) is 65.8 Å². The minimum atomic E-state index is -0.277. The van der Waals surface area contributed by atoms with Crippen LogP contribution in [0.4, 0.5) is 5.13 Å². The molecule has 0 spiro atoms. The Morgan fingerprint density at radius 3 is 2.73 bits per heavy atom. The summed E-state index contributed by atoms with van der Waals surface area (Å²) in [5.41, 5.74) is 2.75. The maximum Gasteiger partial charge on any atom is 0.257 e. The Labute approximate surface area is 154 Å². The van der Waals surface area contributed by atoms with Crippen LogP contribution in [0.2, 0.25) is 0 Å². The van der Waals surface area contributed by atoms with E-state index in [0.29, 0.717) is 16.3 Å². The number of fused-ring (bicyclic) bond motifs is 1. The number of anilines is 1. The molecular weight excluding hydrogens is 342 g/mol. The number of carbonyl (C=O) groups excluding carboxylic acids is 1. The van der Waals surface area contributed by atoms with Crippen LogP contribution in [-0.2, 0) is 0 Å². The molecule has 0 aliphatic rings. The highest BCUT2D eigenvalue weighted by atomic mass is 32.1. The maximum absolute atomic E-state index is 12.4. The third kappa shape index (κ3) is 3.06. The lowest BCUT2D eigenvalue weighted by Crippen LogP contribution is -2.11. The van der Waals surface area contributed by atoms with Crippen LogP contribution in [0.15, 0.2) is 72.1 Å². The van der Waals surface area contributed by atoms with Gasteiger partial charge >= 0.3 is 0 Å². The Balaban J connectivity index is 1.62. The van der Waals surface area contributed by atoms with Gasteiger partial charge in [-0.15, -0.1) is 11.3 Å². The molecule has 124 valence electrons. The van der Waals surface area contributed by atoms with E-state index >= 15 is 0 Å². The molecule has 0 saturated carbocycles. The van der Waals surface area contributed by atoms with E-state index in [1.54, 1.807) is 24.3 Å². The van der Waals surface area contributed by atoms with E-state index < -0.39 is 0 Å². The molecule has 0 saturated heterocycles. The van der Waals surface area contributed by atoms with E-state index in [1.165, 1.54) is 11.3 Å². The van der Waals surface area contributed by atoms with Crippen LogP contribution >= 0.6 is 11.3 Å².